The second-order valence-electron chi connectivity index (χ2n) is 6.64. The maximum absolute atomic E-state index is 11.8. The van der Waals surface area contributed by atoms with E-state index < -0.39 is 53.7 Å². The molecule has 0 saturated carbocycles. The van der Waals surface area contributed by atoms with Gasteiger partial charge in [-0.05, 0) is 24.3 Å². The second-order valence-corrected chi connectivity index (χ2v) is 8.73. The molecule has 1 aliphatic heterocycles. The number of thioether (sulfide) groups is 1. The van der Waals surface area contributed by atoms with Crippen molar-refractivity contribution in [3.05, 3.63) is 28.7 Å². The van der Waals surface area contributed by atoms with Crippen LogP contribution in [0.15, 0.2) is 33.6 Å². The van der Waals surface area contributed by atoms with Crippen molar-refractivity contribution in [3.63, 3.8) is 0 Å². The summed E-state index contributed by atoms with van der Waals surface area (Å²) in [6, 6.07) is 7.30. The smallest absolute Gasteiger partial charge is 0.303 e. The van der Waals surface area contributed by atoms with E-state index in [9.17, 15) is 19.2 Å². The Morgan fingerprint density at radius 2 is 1.35 bits per heavy atom. The summed E-state index contributed by atoms with van der Waals surface area (Å²) in [7, 11) is 0. The number of hydrogen-bond donors (Lipinski definition) is 0. The Bertz CT molecular complexity index is 813. The van der Waals surface area contributed by atoms with Crippen LogP contribution in [0.3, 0.4) is 0 Å². The fourth-order valence-electron chi connectivity index (χ4n) is 2.93. The number of carbonyl (C=O) groups is 4. The summed E-state index contributed by atoms with van der Waals surface area (Å²) >= 11 is 4.58. The van der Waals surface area contributed by atoms with Crippen molar-refractivity contribution in [1.82, 2.24) is 0 Å². The lowest BCUT2D eigenvalue weighted by molar-refractivity contribution is -0.237. The Morgan fingerprint density at radius 1 is 0.839 bits per heavy atom. The SMILES string of the molecule is CC(=O)OC[C@H]1O[C@H](Sc2ccc(Br)cc2)[C@@H](OC(C)=O)[C@H](OC(C)=O)[C@H]1OC(C)=O. The fraction of sp³-hybridized carbons (Fsp3) is 0.500. The molecule has 9 nitrogen and oxygen atoms in total. The molecule has 0 unspecified atom stereocenters. The Balaban J connectivity index is 2.43. The lowest BCUT2D eigenvalue weighted by Crippen LogP contribution is -2.61. The van der Waals surface area contributed by atoms with Crippen LogP contribution in [0, 0.1) is 0 Å². The molecule has 0 aliphatic carbocycles. The molecule has 1 aliphatic rings. The van der Waals surface area contributed by atoms with Gasteiger partial charge in [0.1, 0.15) is 18.1 Å². The number of halogens is 1. The highest BCUT2D eigenvalue weighted by atomic mass is 79.9. The highest BCUT2D eigenvalue weighted by Crippen LogP contribution is 2.37. The summed E-state index contributed by atoms with van der Waals surface area (Å²) in [4.78, 5) is 47.4. The first-order valence-corrected chi connectivity index (χ1v) is 11.0. The zero-order chi connectivity index (χ0) is 23.1. The molecule has 5 atom stereocenters. The van der Waals surface area contributed by atoms with Gasteiger partial charge in [-0.15, -0.1) is 0 Å². The molecule has 170 valence electrons. The molecule has 0 aromatic heterocycles. The number of benzene rings is 1. The number of ether oxygens (including phenoxy) is 5. The Kier molecular flexibility index (Phi) is 9.32. The number of esters is 4. The molecular formula is C20H23BrO9S. The standard InChI is InChI=1S/C20H23BrO9S/c1-10(22)26-9-16-17(27-11(2)23)18(28-12(3)24)19(29-13(4)25)20(30-16)31-15-7-5-14(21)6-8-15/h5-8,16-20H,9H2,1-4H3/t16-,17+,18-,19+,20-/m1/s1. The van der Waals surface area contributed by atoms with Gasteiger partial charge in [-0.1, -0.05) is 27.7 Å². The van der Waals surface area contributed by atoms with Crippen LogP contribution in [0.2, 0.25) is 0 Å². The molecule has 2 rings (SSSR count). The van der Waals surface area contributed by atoms with Crippen LogP contribution in [-0.4, -0.2) is 60.3 Å². The molecule has 0 radical (unpaired) electrons. The molecule has 11 heteroatoms. The van der Waals surface area contributed by atoms with Crippen molar-refractivity contribution in [2.45, 2.75) is 62.4 Å². The summed E-state index contributed by atoms with van der Waals surface area (Å²) in [5.74, 6) is -2.53. The quantitative estimate of drug-likeness (QED) is 0.393. The molecule has 1 heterocycles. The average Bonchev–Trinajstić information content (AvgIpc) is 2.65. The minimum absolute atomic E-state index is 0.255. The monoisotopic (exact) mass is 518 g/mol. The molecule has 0 N–H and O–H groups in total. The van der Waals surface area contributed by atoms with E-state index in [1.807, 2.05) is 24.3 Å². The summed E-state index contributed by atoms with van der Waals surface area (Å²) < 4.78 is 28.1. The average molecular weight is 519 g/mol. The van der Waals surface area contributed by atoms with Gasteiger partial charge in [-0.3, -0.25) is 19.2 Å². The Labute approximate surface area is 192 Å². The molecule has 0 amide bonds. The van der Waals surface area contributed by atoms with Crippen LogP contribution in [-0.2, 0) is 42.9 Å². The number of carbonyl (C=O) groups excluding carboxylic acids is 4. The van der Waals surface area contributed by atoms with Gasteiger partial charge in [-0.2, -0.15) is 0 Å². The van der Waals surface area contributed by atoms with E-state index in [2.05, 4.69) is 15.9 Å². The first-order chi connectivity index (χ1) is 14.6. The summed E-state index contributed by atoms with van der Waals surface area (Å²) in [5.41, 5.74) is -0.846. The van der Waals surface area contributed by atoms with E-state index in [-0.39, 0.29) is 6.61 Å². The second kappa shape index (κ2) is 11.5. The van der Waals surface area contributed by atoms with E-state index in [1.54, 1.807) is 0 Å². The van der Waals surface area contributed by atoms with Crippen LogP contribution in [0.4, 0.5) is 0 Å². The van der Waals surface area contributed by atoms with Gasteiger partial charge in [0.25, 0.3) is 0 Å². The highest BCUT2D eigenvalue weighted by molar-refractivity contribution is 9.10. The molecule has 1 saturated heterocycles. The van der Waals surface area contributed by atoms with E-state index in [1.165, 1.54) is 39.5 Å². The minimum Gasteiger partial charge on any atom is -0.463 e. The van der Waals surface area contributed by atoms with Crippen molar-refractivity contribution in [1.29, 1.82) is 0 Å². The third-order valence-corrected chi connectivity index (χ3v) is 5.70. The van der Waals surface area contributed by atoms with E-state index >= 15 is 0 Å². The van der Waals surface area contributed by atoms with Crippen molar-refractivity contribution in [2.24, 2.45) is 0 Å². The van der Waals surface area contributed by atoms with Crippen LogP contribution in [0.25, 0.3) is 0 Å². The van der Waals surface area contributed by atoms with Gasteiger partial charge in [-0.25, -0.2) is 0 Å². The Hall–Kier alpha value is -2.11. The predicted octanol–water partition coefficient (Wildman–Crippen LogP) is 2.62. The first kappa shape index (κ1) is 25.2. The van der Waals surface area contributed by atoms with Crippen molar-refractivity contribution in [2.75, 3.05) is 6.61 Å². The third kappa shape index (κ3) is 7.82. The molecule has 0 bridgehead atoms. The predicted molar refractivity (Wildman–Crippen MR) is 112 cm³/mol. The molecule has 1 fully saturated rings. The van der Waals surface area contributed by atoms with Crippen LogP contribution in [0.1, 0.15) is 27.7 Å². The Morgan fingerprint density at radius 3 is 1.87 bits per heavy atom. The van der Waals surface area contributed by atoms with Crippen molar-refractivity contribution in [3.8, 4) is 0 Å². The molecular weight excluding hydrogens is 496 g/mol. The van der Waals surface area contributed by atoms with Crippen LogP contribution >= 0.6 is 27.7 Å². The lowest BCUT2D eigenvalue weighted by Gasteiger charge is -2.44. The zero-order valence-corrected chi connectivity index (χ0v) is 19.8. The van der Waals surface area contributed by atoms with Gasteiger partial charge in [0.05, 0.1) is 0 Å². The summed E-state index contributed by atoms with van der Waals surface area (Å²) in [6.45, 7) is 4.54. The topological polar surface area (TPSA) is 114 Å². The maximum atomic E-state index is 11.8. The maximum Gasteiger partial charge on any atom is 0.303 e. The van der Waals surface area contributed by atoms with E-state index in [4.69, 9.17) is 23.7 Å². The first-order valence-electron chi connectivity index (χ1n) is 9.29. The van der Waals surface area contributed by atoms with Crippen molar-refractivity contribution >= 4 is 51.6 Å². The van der Waals surface area contributed by atoms with E-state index in [0.29, 0.717) is 0 Å². The lowest BCUT2D eigenvalue weighted by atomic mass is 9.99. The highest BCUT2D eigenvalue weighted by Gasteiger charge is 2.52. The molecule has 1 aromatic carbocycles. The molecule has 0 spiro atoms. The van der Waals surface area contributed by atoms with Crippen LogP contribution < -0.4 is 0 Å². The largest absolute Gasteiger partial charge is 0.463 e. The summed E-state index contributed by atoms with van der Waals surface area (Å²) in [5, 5.41) is 0. The zero-order valence-electron chi connectivity index (χ0n) is 17.4. The minimum atomic E-state index is -1.17. The van der Waals surface area contributed by atoms with Gasteiger partial charge in [0.2, 0.25) is 0 Å². The normalized spacial score (nSPS) is 25.3. The molecule has 1 aromatic rings. The fourth-order valence-corrected chi connectivity index (χ4v) is 4.30. The van der Waals surface area contributed by atoms with Gasteiger partial charge < -0.3 is 23.7 Å². The van der Waals surface area contributed by atoms with Gasteiger partial charge in [0, 0.05) is 37.1 Å². The summed E-state index contributed by atoms with van der Waals surface area (Å²) in [6.07, 6.45) is -4.38. The molecule has 31 heavy (non-hydrogen) atoms. The number of hydrogen-bond acceptors (Lipinski definition) is 10. The number of rotatable bonds is 7. The van der Waals surface area contributed by atoms with Gasteiger partial charge in [0.15, 0.2) is 18.3 Å². The van der Waals surface area contributed by atoms with Crippen LogP contribution in [0.5, 0.6) is 0 Å². The van der Waals surface area contributed by atoms with Crippen molar-refractivity contribution < 1.29 is 42.9 Å². The van der Waals surface area contributed by atoms with E-state index in [0.717, 1.165) is 9.37 Å². The third-order valence-electron chi connectivity index (χ3n) is 4.01. The van der Waals surface area contributed by atoms with Gasteiger partial charge >= 0.3 is 23.9 Å².